The summed E-state index contributed by atoms with van der Waals surface area (Å²) in [6.07, 6.45) is 3.17. The van der Waals surface area contributed by atoms with E-state index in [0.29, 0.717) is 11.8 Å². The van der Waals surface area contributed by atoms with Crippen LogP contribution in [0.5, 0.6) is 0 Å². The lowest BCUT2D eigenvalue weighted by molar-refractivity contribution is 0.242. The lowest BCUT2D eigenvalue weighted by Crippen LogP contribution is -2.47. The average molecular weight is 439 g/mol. The number of amides is 2. The van der Waals surface area contributed by atoms with Gasteiger partial charge in [0.15, 0.2) is 5.16 Å². The number of carbonyl (C=O) groups is 1. The third kappa shape index (κ3) is 5.93. The Morgan fingerprint density at radius 3 is 2.69 bits per heavy atom. The van der Waals surface area contributed by atoms with Crippen molar-refractivity contribution >= 4 is 46.1 Å². The summed E-state index contributed by atoms with van der Waals surface area (Å²) >= 11 is 8.42. The van der Waals surface area contributed by atoms with Crippen LogP contribution in [0.1, 0.15) is 33.1 Å². The minimum Gasteiger partial charge on any atom is -0.368 e. The Bertz CT molecular complexity index is 817. The second-order valence-electron chi connectivity index (χ2n) is 7.39. The minimum atomic E-state index is -0.459. The third-order valence-electron chi connectivity index (χ3n) is 5.38. The summed E-state index contributed by atoms with van der Waals surface area (Å²) in [5.41, 5.74) is 8.11. The van der Waals surface area contributed by atoms with E-state index in [1.807, 2.05) is 17.8 Å². The Hall–Kier alpha value is -1.64. The van der Waals surface area contributed by atoms with Gasteiger partial charge in [-0.25, -0.2) is 9.78 Å². The number of carbonyl (C=O) groups excluding carboxylic acids is 1. The number of H-pyrrole nitrogens is 1. The summed E-state index contributed by atoms with van der Waals surface area (Å²) in [5, 5.41) is 4.95. The molecule has 7 nitrogen and oxygen atoms in total. The van der Waals surface area contributed by atoms with Crippen LogP contribution in [-0.4, -0.2) is 65.4 Å². The maximum atomic E-state index is 10.7. The van der Waals surface area contributed by atoms with Gasteiger partial charge < -0.3 is 20.9 Å². The number of anilines is 1. The first-order valence-electron chi connectivity index (χ1n) is 10.4. The van der Waals surface area contributed by atoms with Gasteiger partial charge in [0.2, 0.25) is 0 Å². The molecule has 0 saturated carbocycles. The first-order valence-corrected chi connectivity index (χ1v) is 11.6. The normalized spacial score (nSPS) is 15.4. The first kappa shape index (κ1) is 22.1. The third-order valence-corrected chi connectivity index (χ3v) is 7.10. The molecule has 2 heterocycles. The van der Waals surface area contributed by atoms with Gasteiger partial charge in [0.05, 0.1) is 21.7 Å². The summed E-state index contributed by atoms with van der Waals surface area (Å²) in [6, 6.07) is 3.65. The Morgan fingerprint density at radius 1 is 1.31 bits per heavy atom. The van der Waals surface area contributed by atoms with Gasteiger partial charge in [-0.1, -0.05) is 37.2 Å². The molecule has 0 aliphatic carbocycles. The van der Waals surface area contributed by atoms with Gasteiger partial charge in [-0.15, -0.1) is 0 Å². The molecule has 3 rings (SSSR count). The minimum absolute atomic E-state index is 0.459. The van der Waals surface area contributed by atoms with Gasteiger partial charge in [0.1, 0.15) is 0 Å². The molecule has 0 radical (unpaired) electrons. The lowest BCUT2D eigenvalue weighted by atomic mass is 10.2. The molecule has 2 amide bonds. The van der Waals surface area contributed by atoms with Crippen molar-refractivity contribution in [2.75, 3.05) is 44.2 Å². The number of halogens is 1. The van der Waals surface area contributed by atoms with Crippen molar-refractivity contribution < 1.29 is 4.79 Å². The maximum Gasteiger partial charge on any atom is 0.312 e. The van der Waals surface area contributed by atoms with Gasteiger partial charge in [-0.3, -0.25) is 4.90 Å². The smallest absolute Gasteiger partial charge is 0.312 e. The van der Waals surface area contributed by atoms with Crippen molar-refractivity contribution in [1.29, 1.82) is 0 Å². The number of hydrogen-bond donors (Lipinski definition) is 3. The zero-order valence-electron chi connectivity index (χ0n) is 17.2. The number of fused-ring (bicyclic) bond motifs is 1. The molecule has 1 aromatic heterocycles. The van der Waals surface area contributed by atoms with E-state index >= 15 is 0 Å². The molecule has 29 heavy (non-hydrogen) atoms. The summed E-state index contributed by atoms with van der Waals surface area (Å²) in [7, 11) is 0. The molecule has 0 spiro atoms. The predicted octanol–water partition coefficient (Wildman–Crippen LogP) is 3.68. The Morgan fingerprint density at radius 2 is 2.03 bits per heavy atom. The number of aromatic nitrogens is 2. The lowest BCUT2D eigenvalue weighted by Gasteiger charge is -2.36. The molecule has 9 heteroatoms. The van der Waals surface area contributed by atoms with E-state index in [4.69, 9.17) is 22.3 Å². The maximum absolute atomic E-state index is 10.7. The molecule has 0 unspecified atom stereocenters. The Labute approximate surface area is 181 Å². The topological polar surface area (TPSA) is 90.3 Å². The second-order valence-corrected chi connectivity index (χ2v) is 9.09. The monoisotopic (exact) mass is 438 g/mol. The fourth-order valence-corrected chi connectivity index (χ4v) is 4.89. The molecule has 1 fully saturated rings. The zero-order valence-corrected chi connectivity index (χ0v) is 18.8. The molecule has 1 aliphatic rings. The quantitative estimate of drug-likeness (QED) is 0.410. The highest BCUT2D eigenvalue weighted by Crippen LogP contribution is 2.33. The van der Waals surface area contributed by atoms with E-state index in [9.17, 15) is 4.79 Å². The van der Waals surface area contributed by atoms with Crippen molar-refractivity contribution in [2.45, 2.75) is 43.5 Å². The van der Waals surface area contributed by atoms with Crippen LogP contribution in [0.15, 0.2) is 17.3 Å². The van der Waals surface area contributed by atoms with Crippen molar-refractivity contribution in [1.82, 2.24) is 20.2 Å². The number of aromatic amines is 1. The molecule has 1 aliphatic heterocycles. The number of hydrogen-bond acceptors (Lipinski definition) is 5. The number of thioether (sulfide) groups is 1. The van der Waals surface area contributed by atoms with E-state index in [2.05, 4.69) is 40.0 Å². The van der Waals surface area contributed by atoms with Crippen LogP contribution >= 0.6 is 23.4 Å². The van der Waals surface area contributed by atoms with Crippen molar-refractivity contribution in [2.24, 2.45) is 5.73 Å². The van der Waals surface area contributed by atoms with Crippen molar-refractivity contribution in [3.05, 3.63) is 17.2 Å². The number of primary amides is 1. The summed E-state index contributed by atoms with van der Waals surface area (Å²) in [5.74, 6) is 0. The standard InChI is InChI=1S/C20H31ClN6OS/c1-3-14(4-2)29-20-24-16-12-15(21)18(13-17(16)25-20)27-10-8-26(9-11-27)7-5-6-23-19(22)28/h12-14H,3-11H2,1-2H3,(H,24,25)(H3,22,23,28). The number of piperazine rings is 1. The van der Waals surface area contributed by atoms with E-state index in [-0.39, 0.29) is 0 Å². The predicted molar refractivity (Wildman–Crippen MR) is 122 cm³/mol. The molecular formula is C20H31ClN6OS. The molecular weight excluding hydrogens is 408 g/mol. The molecule has 2 aromatic rings. The average Bonchev–Trinajstić information content (AvgIpc) is 3.10. The first-order chi connectivity index (χ1) is 14.0. The van der Waals surface area contributed by atoms with Crippen molar-refractivity contribution in [3.63, 3.8) is 0 Å². The molecule has 4 N–H and O–H groups in total. The van der Waals surface area contributed by atoms with E-state index in [1.54, 1.807) is 0 Å². The van der Waals surface area contributed by atoms with Gasteiger partial charge in [-0.05, 0) is 37.9 Å². The Balaban J connectivity index is 1.60. The van der Waals surface area contributed by atoms with Gasteiger partial charge >= 0.3 is 6.03 Å². The van der Waals surface area contributed by atoms with Crippen LogP contribution in [0.4, 0.5) is 10.5 Å². The SMILES string of the molecule is CCC(CC)Sc1nc2cc(N3CCN(CCCNC(N)=O)CC3)c(Cl)cc2[nH]1. The molecule has 1 saturated heterocycles. The molecule has 1 aromatic carbocycles. The fraction of sp³-hybridized carbons (Fsp3) is 0.600. The zero-order chi connectivity index (χ0) is 20.8. The number of nitrogens with two attached hydrogens (primary N) is 1. The second kappa shape index (κ2) is 10.4. The highest BCUT2D eigenvalue weighted by Gasteiger charge is 2.20. The highest BCUT2D eigenvalue weighted by molar-refractivity contribution is 7.99. The summed E-state index contributed by atoms with van der Waals surface area (Å²) in [6.45, 7) is 9.80. The van der Waals surface area contributed by atoms with Crippen LogP contribution in [0.2, 0.25) is 5.02 Å². The summed E-state index contributed by atoms with van der Waals surface area (Å²) < 4.78 is 0. The molecule has 160 valence electrons. The van der Waals surface area contributed by atoms with Crippen LogP contribution < -0.4 is 16.0 Å². The number of urea groups is 1. The molecule has 0 atom stereocenters. The highest BCUT2D eigenvalue weighted by atomic mass is 35.5. The number of rotatable bonds is 9. The number of nitrogens with zero attached hydrogens (tertiary/aromatic N) is 3. The van der Waals surface area contributed by atoms with Gasteiger partial charge in [0.25, 0.3) is 0 Å². The van der Waals surface area contributed by atoms with Gasteiger partial charge in [-0.2, -0.15) is 0 Å². The van der Waals surface area contributed by atoms with E-state index in [1.165, 1.54) is 0 Å². The van der Waals surface area contributed by atoms with Crippen LogP contribution in [-0.2, 0) is 0 Å². The van der Waals surface area contributed by atoms with Crippen molar-refractivity contribution in [3.8, 4) is 0 Å². The number of nitrogens with one attached hydrogen (secondary N) is 2. The largest absolute Gasteiger partial charge is 0.368 e. The fourth-order valence-electron chi connectivity index (χ4n) is 3.63. The van der Waals surface area contributed by atoms with E-state index < -0.39 is 6.03 Å². The Kier molecular flexibility index (Phi) is 7.91. The number of benzene rings is 1. The van der Waals surface area contributed by atoms with Crippen LogP contribution in [0.25, 0.3) is 11.0 Å². The molecule has 0 bridgehead atoms. The number of imidazole rings is 1. The summed E-state index contributed by atoms with van der Waals surface area (Å²) in [4.78, 5) is 23.7. The van der Waals surface area contributed by atoms with E-state index in [0.717, 1.165) is 78.9 Å². The van der Waals surface area contributed by atoms with Crippen LogP contribution in [0.3, 0.4) is 0 Å². The van der Waals surface area contributed by atoms with Crippen LogP contribution in [0, 0.1) is 0 Å². The van der Waals surface area contributed by atoms with Gasteiger partial charge in [0, 0.05) is 38.0 Å².